The summed E-state index contributed by atoms with van der Waals surface area (Å²) < 4.78 is 8.53. The van der Waals surface area contributed by atoms with Gasteiger partial charge in [-0.2, -0.15) is 5.26 Å². The SMILES string of the molecule is N#COC=CCCOC#N. The van der Waals surface area contributed by atoms with Crippen molar-refractivity contribution in [2.24, 2.45) is 0 Å². The molecule has 0 N–H and O–H groups in total. The first kappa shape index (κ1) is 8.32. The Bertz CT molecular complexity index is 175. The average molecular weight is 138 g/mol. The highest BCUT2D eigenvalue weighted by Gasteiger charge is 1.79. The summed E-state index contributed by atoms with van der Waals surface area (Å²) in [5.41, 5.74) is 0. The molecule has 0 amide bonds. The molecule has 0 aliphatic rings. The second-order valence-corrected chi connectivity index (χ2v) is 1.31. The Kier molecular flexibility index (Phi) is 6.09. The Hall–Kier alpha value is -1.68. The quantitative estimate of drug-likeness (QED) is 0.328. The number of hydrogen-bond acceptors (Lipinski definition) is 4. The van der Waals surface area contributed by atoms with E-state index in [9.17, 15) is 0 Å². The molecule has 0 spiro atoms. The molecule has 0 saturated heterocycles. The van der Waals surface area contributed by atoms with Crippen LogP contribution >= 0.6 is 0 Å². The lowest BCUT2D eigenvalue weighted by Crippen LogP contribution is -1.83. The Balaban J connectivity index is 3.06. The van der Waals surface area contributed by atoms with E-state index in [1.165, 1.54) is 18.8 Å². The lowest BCUT2D eigenvalue weighted by atomic mass is 10.4. The van der Waals surface area contributed by atoms with Gasteiger partial charge in [0.1, 0.15) is 12.9 Å². The first-order valence-corrected chi connectivity index (χ1v) is 2.62. The Morgan fingerprint density at radius 2 is 2.10 bits per heavy atom. The number of ether oxygens (including phenoxy) is 2. The highest BCUT2D eigenvalue weighted by molar-refractivity contribution is 4.75. The summed E-state index contributed by atoms with van der Waals surface area (Å²) in [5.74, 6) is 0. The van der Waals surface area contributed by atoms with Crippen LogP contribution in [0.25, 0.3) is 0 Å². The largest absolute Gasteiger partial charge is 0.427 e. The van der Waals surface area contributed by atoms with E-state index < -0.39 is 0 Å². The average Bonchev–Trinajstić information content (AvgIpc) is 1.97. The maximum atomic E-state index is 7.89. The lowest BCUT2D eigenvalue weighted by Gasteiger charge is -1.87. The normalized spacial score (nSPS) is 8.20. The second-order valence-electron chi connectivity index (χ2n) is 1.31. The maximum Gasteiger partial charge on any atom is 0.291 e. The van der Waals surface area contributed by atoms with E-state index >= 15 is 0 Å². The topological polar surface area (TPSA) is 66.0 Å². The van der Waals surface area contributed by atoms with Crippen molar-refractivity contribution >= 4 is 0 Å². The first-order chi connectivity index (χ1) is 4.91. The molecular weight excluding hydrogens is 132 g/mol. The standard InChI is InChI=1S/C6H6N2O2/c7-5-9-3-1-2-4-10-6-8/h1,3H,2,4H2. The molecule has 10 heavy (non-hydrogen) atoms. The molecule has 0 aliphatic heterocycles. The summed E-state index contributed by atoms with van der Waals surface area (Å²) in [6.45, 7) is 0.321. The van der Waals surface area contributed by atoms with Crippen molar-refractivity contribution in [2.45, 2.75) is 6.42 Å². The summed E-state index contributed by atoms with van der Waals surface area (Å²) in [6.07, 6.45) is 6.40. The number of nitriles is 2. The van der Waals surface area contributed by atoms with Crippen molar-refractivity contribution in [3.63, 3.8) is 0 Å². The summed E-state index contributed by atoms with van der Waals surface area (Å²) in [4.78, 5) is 0. The molecule has 0 radical (unpaired) electrons. The van der Waals surface area contributed by atoms with Crippen LogP contribution in [0.3, 0.4) is 0 Å². The van der Waals surface area contributed by atoms with Gasteiger partial charge in [0.25, 0.3) is 12.5 Å². The van der Waals surface area contributed by atoms with Gasteiger partial charge in [-0.15, -0.1) is 5.26 Å². The molecule has 0 heterocycles. The predicted octanol–water partition coefficient (Wildman–Crippen LogP) is 0.886. The molecule has 0 atom stereocenters. The molecule has 0 unspecified atom stereocenters. The van der Waals surface area contributed by atoms with Gasteiger partial charge in [-0.05, 0) is 6.08 Å². The van der Waals surface area contributed by atoms with Crippen LogP contribution in [-0.2, 0) is 9.47 Å². The molecule has 0 rings (SSSR count). The number of rotatable bonds is 4. The van der Waals surface area contributed by atoms with Crippen LogP contribution in [0.2, 0.25) is 0 Å². The van der Waals surface area contributed by atoms with Crippen molar-refractivity contribution in [2.75, 3.05) is 6.61 Å². The fourth-order valence-corrected chi connectivity index (χ4v) is 0.319. The molecular formula is C6H6N2O2. The fraction of sp³-hybridized carbons (Fsp3) is 0.333. The minimum Gasteiger partial charge on any atom is -0.427 e. The second kappa shape index (κ2) is 7.32. The van der Waals surface area contributed by atoms with Gasteiger partial charge in [-0.25, -0.2) is 0 Å². The molecule has 0 saturated carbocycles. The number of hydrogen-bond donors (Lipinski definition) is 0. The van der Waals surface area contributed by atoms with Crippen molar-refractivity contribution in [3.8, 4) is 12.5 Å². The van der Waals surface area contributed by atoms with Gasteiger partial charge in [-0.3, -0.25) is 0 Å². The molecule has 4 nitrogen and oxygen atoms in total. The highest BCUT2D eigenvalue weighted by Crippen LogP contribution is 1.84. The Morgan fingerprint density at radius 1 is 1.30 bits per heavy atom. The van der Waals surface area contributed by atoms with E-state index in [0.29, 0.717) is 13.0 Å². The van der Waals surface area contributed by atoms with Crippen molar-refractivity contribution < 1.29 is 9.47 Å². The van der Waals surface area contributed by atoms with Gasteiger partial charge in [0.15, 0.2) is 0 Å². The summed E-state index contributed by atoms with van der Waals surface area (Å²) in [5, 5.41) is 15.8. The van der Waals surface area contributed by atoms with E-state index in [1.54, 1.807) is 6.08 Å². The molecule has 0 aliphatic carbocycles. The third-order valence-corrected chi connectivity index (χ3v) is 0.668. The third-order valence-electron chi connectivity index (χ3n) is 0.668. The zero-order valence-electron chi connectivity index (χ0n) is 5.28. The van der Waals surface area contributed by atoms with Crippen LogP contribution in [0.5, 0.6) is 0 Å². The van der Waals surface area contributed by atoms with Gasteiger partial charge >= 0.3 is 0 Å². The molecule has 0 bridgehead atoms. The van der Waals surface area contributed by atoms with Crippen LogP contribution in [0.1, 0.15) is 6.42 Å². The minimum absolute atomic E-state index is 0.321. The van der Waals surface area contributed by atoms with E-state index in [4.69, 9.17) is 10.5 Å². The van der Waals surface area contributed by atoms with Gasteiger partial charge in [0.2, 0.25) is 0 Å². The summed E-state index contributed by atoms with van der Waals surface area (Å²) >= 11 is 0. The zero-order valence-corrected chi connectivity index (χ0v) is 5.28. The monoisotopic (exact) mass is 138 g/mol. The molecule has 0 aromatic heterocycles. The van der Waals surface area contributed by atoms with Crippen LogP contribution in [0, 0.1) is 23.0 Å². The molecule has 0 aromatic rings. The Morgan fingerprint density at radius 3 is 2.70 bits per heavy atom. The van der Waals surface area contributed by atoms with Crippen molar-refractivity contribution in [3.05, 3.63) is 12.3 Å². The summed E-state index contributed by atoms with van der Waals surface area (Å²) in [6, 6.07) is 0. The van der Waals surface area contributed by atoms with E-state index in [1.807, 2.05) is 0 Å². The molecule has 0 aromatic carbocycles. The predicted molar refractivity (Wildman–Crippen MR) is 32.0 cm³/mol. The lowest BCUT2D eigenvalue weighted by molar-refractivity contribution is 0.276. The maximum absolute atomic E-state index is 7.89. The van der Waals surface area contributed by atoms with Crippen molar-refractivity contribution in [1.29, 1.82) is 10.5 Å². The van der Waals surface area contributed by atoms with E-state index in [2.05, 4.69) is 9.47 Å². The van der Waals surface area contributed by atoms with Gasteiger partial charge in [0, 0.05) is 6.42 Å². The third kappa shape index (κ3) is 6.32. The molecule has 0 fully saturated rings. The fourth-order valence-electron chi connectivity index (χ4n) is 0.319. The minimum atomic E-state index is 0.321. The first-order valence-electron chi connectivity index (χ1n) is 2.62. The Labute approximate surface area is 58.9 Å². The van der Waals surface area contributed by atoms with Gasteiger partial charge in [0.05, 0.1) is 0 Å². The zero-order chi connectivity index (χ0) is 7.66. The van der Waals surface area contributed by atoms with Gasteiger partial charge in [-0.1, -0.05) is 0 Å². The van der Waals surface area contributed by atoms with E-state index in [-0.39, 0.29) is 0 Å². The van der Waals surface area contributed by atoms with Crippen LogP contribution < -0.4 is 0 Å². The van der Waals surface area contributed by atoms with Gasteiger partial charge < -0.3 is 9.47 Å². The molecule has 52 valence electrons. The summed E-state index contributed by atoms with van der Waals surface area (Å²) in [7, 11) is 0. The van der Waals surface area contributed by atoms with E-state index in [0.717, 1.165) is 0 Å². The highest BCUT2D eigenvalue weighted by atomic mass is 16.5. The van der Waals surface area contributed by atoms with Crippen molar-refractivity contribution in [1.82, 2.24) is 0 Å². The smallest absolute Gasteiger partial charge is 0.291 e. The van der Waals surface area contributed by atoms with Crippen LogP contribution in [0.4, 0.5) is 0 Å². The van der Waals surface area contributed by atoms with Crippen LogP contribution in [0.15, 0.2) is 12.3 Å². The number of nitrogens with zero attached hydrogens (tertiary/aromatic N) is 2. The van der Waals surface area contributed by atoms with Crippen LogP contribution in [-0.4, -0.2) is 6.61 Å². The molecule has 4 heteroatoms.